The summed E-state index contributed by atoms with van der Waals surface area (Å²) in [5, 5.41) is 2.93. The summed E-state index contributed by atoms with van der Waals surface area (Å²) in [4.78, 5) is 28.7. The molecule has 0 heterocycles. The molecule has 0 aliphatic heterocycles. The van der Waals surface area contributed by atoms with Gasteiger partial charge < -0.3 is 19.7 Å². The van der Waals surface area contributed by atoms with Crippen LogP contribution in [0.5, 0.6) is 11.5 Å². The van der Waals surface area contributed by atoms with Gasteiger partial charge in [0.05, 0.1) is 24.8 Å². The van der Waals surface area contributed by atoms with Gasteiger partial charge in [0.2, 0.25) is 11.8 Å². The fraction of sp³-hybridized carbons (Fsp3) is 0.375. The standard InChI is InChI=1S/C32H41N3O6S/c1-22-12-14-26(15-13-22)35(42(38,39)27-16-17-28(40-7)29(19-27)41-8)21-30(36)34(20-25-11-9-10-23(2)18-25)24(3)31(37)33-32(4,5)6/h9-19,24H,20-21H2,1-8H3,(H,33,37)/t24-/m1/s1. The highest BCUT2D eigenvalue weighted by atomic mass is 32.2. The zero-order chi connectivity index (χ0) is 31.2. The number of benzene rings is 3. The molecule has 1 N–H and O–H groups in total. The number of nitrogens with zero attached hydrogens (tertiary/aromatic N) is 2. The average molecular weight is 596 g/mol. The molecular formula is C32H41N3O6S. The molecule has 0 aliphatic rings. The van der Waals surface area contributed by atoms with Crippen molar-refractivity contribution in [1.82, 2.24) is 10.2 Å². The zero-order valence-electron chi connectivity index (χ0n) is 25.6. The van der Waals surface area contributed by atoms with Crippen molar-refractivity contribution in [3.8, 4) is 11.5 Å². The van der Waals surface area contributed by atoms with Crippen molar-refractivity contribution in [2.75, 3.05) is 25.1 Å². The average Bonchev–Trinajstić information content (AvgIpc) is 2.93. The predicted molar refractivity (Wildman–Crippen MR) is 164 cm³/mol. The lowest BCUT2D eigenvalue weighted by Gasteiger charge is -2.33. The topological polar surface area (TPSA) is 105 Å². The number of ether oxygens (including phenoxy) is 2. The van der Waals surface area contributed by atoms with Gasteiger partial charge in [-0.05, 0) is 71.4 Å². The SMILES string of the molecule is COc1ccc(S(=O)(=O)N(CC(=O)N(Cc2cccc(C)c2)[C@H](C)C(=O)NC(C)(C)C)c2ccc(C)cc2)cc1OC. The van der Waals surface area contributed by atoms with Crippen molar-refractivity contribution in [1.29, 1.82) is 0 Å². The van der Waals surface area contributed by atoms with Crippen LogP contribution in [0.25, 0.3) is 0 Å². The number of nitrogens with one attached hydrogen (secondary N) is 1. The van der Waals surface area contributed by atoms with E-state index in [4.69, 9.17) is 9.47 Å². The van der Waals surface area contributed by atoms with Crippen LogP contribution in [-0.2, 0) is 26.2 Å². The fourth-order valence-corrected chi connectivity index (χ4v) is 5.84. The largest absolute Gasteiger partial charge is 0.493 e. The zero-order valence-corrected chi connectivity index (χ0v) is 26.4. The molecule has 0 fully saturated rings. The normalized spacial score (nSPS) is 12.3. The van der Waals surface area contributed by atoms with E-state index in [1.807, 2.05) is 58.9 Å². The van der Waals surface area contributed by atoms with Gasteiger partial charge in [-0.15, -0.1) is 0 Å². The summed E-state index contributed by atoms with van der Waals surface area (Å²) < 4.78 is 39.9. The molecule has 42 heavy (non-hydrogen) atoms. The van der Waals surface area contributed by atoms with E-state index in [2.05, 4.69) is 5.32 Å². The van der Waals surface area contributed by atoms with Gasteiger partial charge in [-0.3, -0.25) is 13.9 Å². The van der Waals surface area contributed by atoms with Crippen LogP contribution in [0, 0.1) is 13.8 Å². The molecule has 3 aromatic carbocycles. The molecule has 0 spiro atoms. The number of sulfonamides is 1. The van der Waals surface area contributed by atoms with Crippen LogP contribution < -0.4 is 19.1 Å². The Balaban J connectivity index is 2.08. The van der Waals surface area contributed by atoms with E-state index >= 15 is 0 Å². The summed E-state index contributed by atoms with van der Waals surface area (Å²) in [6.45, 7) is 10.7. The Morgan fingerprint density at radius 3 is 2.10 bits per heavy atom. The molecule has 226 valence electrons. The van der Waals surface area contributed by atoms with Crippen molar-refractivity contribution in [3.63, 3.8) is 0 Å². The third-order valence-corrected chi connectivity index (χ3v) is 8.41. The summed E-state index contributed by atoms with van der Waals surface area (Å²) >= 11 is 0. The van der Waals surface area contributed by atoms with E-state index in [1.165, 1.54) is 37.3 Å². The number of anilines is 1. The highest BCUT2D eigenvalue weighted by molar-refractivity contribution is 7.92. The third-order valence-electron chi connectivity index (χ3n) is 6.64. The van der Waals surface area contributed by atoms with Crippen LogP contribution in [0.3, 0.4) is 0 Å². The van der Waals surface area contributed by atoms with Crippen molar-refractivity contribution in [3.05, 3.63) is 83.4 Å². The molecule has 0 saturated heterocycles. The summed E-state index contributed by atoms with van der Waals surface area (Å²) in [5.74, 6) is -0.259. The molecule has 0 radical (unpaired) electrons. The van der Waals surface area contributed by atoms with E-state index in [0.717, 1.165) is 21.0 Å². The van der Waals surface area contributed by atoms with Gasteiger partial charge >= 0.3 is 0 Å². The van der Waals surface area contributed by atoms with Crippen LogP contribution in [0.2, 0.25) is 0 Å². The van der Waals surface area contributed by atoms with Crippen molar-refractivity contribution >= 4 is 27.5 Å². The first kappa shape index (κ1) is 32.5. The second kappa shape index (κ2) is 13.3. The maximum absolute atomic E-state index is 14.1. The number of aryl methyl sites for hydroxylation is 2. The van der Waals surface area contributed by atoms with Crippen LogP contribution in [0.15, 0.2) is 71.6 Å². The predicted octanol–water partition coefficient (Wildman–Crippen LogP) is 4.85. The number of amides is 2. The molecule has 10 heteroatoms. The van der Waals surface area contributed by atoms with E-state index in [0.29, 0.717) is 11.4 Å². The second-order valence-corrected chi connectivity index (χ2v) is 13.2. The van der Waals surface area contributed by atoms with E-state index in [1.54, 1.807) is 31.2 Å². The Bertz CT molecular complexity index is 1510. The molecule has 0 saturated carbocycles. The first-order valence-electron chi connectivity index (χ1n) is 13.6. The van der Waals surface area contributed by atoms with Crippen LogP contribution in [0.4, 0.5) is 5.69 Å². The maximum atomic E-state index is 14.1. The number of carbonyl (C=O) groups excluding carboxylic acids is 2. The van der Waals surface area contributed by atoms with Gasteiger partial charge in [0.1, 0.15) is 12.6 Å². The summed E-state index contributed by atoms with van der Waals surface area (Å²) in [7, 11) is -1.38. The highest BCUT2D eigenvalue weighted by Gasteiger charge is 2.33. The second-order valence-electron chi connectivity index (χ2n) is 11.3. The Hall–Kier alpha value is -4.05. The summed E-state index contributed by atoms with van der Waals surface area (Å²) in [5.41, 5.74) is 2.55. The lowest BCUT2D eigenvalue weighted by molar-refractivity contribution is -0.140. The Morgan fingerprint density at radius 1 is 0.881 bits per heavy atom. The molecule has 0 aliphatic carbocycles. The minimum atomic E-state index is -4.26. The van der Waals surface area contributed by atoms with Crippen LogP contribution in [0.1, 0.15) is 44.4 Å². The lowest BCUT2D eigenvalue weighted by Crippen LogP contribution is -2.54. The monoisotopic (exact) mass is 595 g/mol. The fourth-order valence-electron chi connectivity index (χ4n) is 4.41. The van der Waals surface area contributed by atoms with E-state index in [-0.39, 0.29) is 23.1 Å². The number of hydrogen-bond acceptors (Lipinski definition) is 6. The number of methoxy groups -OCH3 is 2. The van der Waals surface area contributed by atoms with E-state index < -0.39 is 34.1 Å². The molecule has 0 unspecified atom stereocenters. The van der Waals surface area contributed by atoms with Crippen molar-refractivity contribution in [2.45, 2.75) is 64.6 Å². The summed E-state index contributed by atoms with van der Waals surface area (Å²) in [6, 6.07) is 17.9. The molecule has 9 nitrogen and oxygen atoms in total. The molecule has 2 amide bonds. The third kappa shape index (κ3) is 8.03. The lowest BCUT2D eigenvalue weighted by atomic mass is 10.1. The Labute approximate surface area is 249 Å². The number of carbonyl (C=O) groups is 2. The van der Waals surface area contributed by atoms with Crippen LogP contribution >= 0.6 is 0 Å². The molecule has 3 aromatic rings. The molecule has 0 aromatic heterocycles. The first-order valence-corrected chi connectivity index (χ1v) is 15.1. The molecule has 1 atom stereocenters. The van der Waals surface area contributed by atoms with Gasteiger partial charge in [-0.2, -0.15) is 0 Å². The van der Waals surface area contributed by atoms with E-state index in [9.17, 15) is 18.0 Å². The van der Waals surface area contributed by atoms with Gasteiger partial charge in [0, 0.05) is 18.2 Å². The minimum Gasteiger partial charge on any atom is -0.493 e. The highest BCUT2D eigenvalue weighted by Crippen LogP contribution is 2.32. The van der Waals surface area contributed by atoms with Crippen LogP contribution in [-0.4, -0.2) is 57.5 Å². The molecule has 0 bridgehead atoms. The Kier molecular flexibility index (Phi) is 10.3. The van der Waals surface area contributed by atoms with Crippen molar-refractivity contribution in [2.24, 2.45) is 0 Å². The smallest absolute Gasteiger partial charge is 0.264 e. The maximum Gasteiger partial charge on any atom is 0.264 e. The molecule has 3 rings (SSSR count). The summed E-state index contributed by atoms with van der Waals surface area (Å²) in [6.07, 6.45) is 0. The quantitative estimate of drug-likeness (QED) is 0.340. The Morgan fingerprint density at radius 2 is 1.52 bits per heavy atom. The minimum absolute atomic E-state index is 0.0720. The van der Waals surface area contributed by atoms with Gasteiger partial charge in [-0.25, -0.2) is 8.42 Å². The van der Waals surface area contributed by atoms with Gasteiger partial charge in [-0.1, -0.05) is 47.5 Å². The number of hydrogen-bond donors (Lipinski definition) is 1. The van der Waals surface area contributed by atoms with Gasteiger partial charge in [0.25, 0.3) is 10.0 Å². The number of rotatable bonds is 11. The molecular weight excluding hydrogens is 554 g/mol. The van der Waals surface area contributed by atoms with Crippen molar-refractivity contribution < 1.29 is 27.5 Å². The van der Waals surface area contributed by atoms with Gasteiger partial charge in [0.15, 0.2) is 11.5 Å². The first-order chi connectivity index (χ1) is 19.7.